The molecule has 1 aromatic heterocycles. The van der Waals surface area contributed by atoms with Crippen molar-refractivity contribution < 1.29 is 23.5 Å². The number of halogens is 1. The largest absolute Gasteiger partial charge is 0.479 e. The SMILES string of the molecule is Cc1c(C(=O)N2CCC(F)(C(=O)O)C2)oc2c(C)cccc12. The number of fused-ring (bicyclic) bond motifs is 1. The lowest BCUT2D eigenvalue weighted by Crippen LogP contribution is -2.38. The predicted octanol–water partition coefficient (Wildman–Crippen LogP) is 2.69. The first-order valence-electron chi connectivity index (χ1n) is 7.04. The van der Waals surface area contributed by atoms with E-state index >= 15 is 0 Å². The van der Waals surface area contributed by atoms with Crippen LogP contribution >= 0.6 is 0 Å². The smallest absolute Gasteiger partial charge is 0.343 e. The zero-order valence-corrected chi connectivity index (χ0v) is 12.4. The Morgan fingerprint density at radius 3 is 2.68 bits per heavy atom. The number of hydrogen-bond acceptors (Lipinski definition) is 3. The van der Waals surface area contributed by atoms with Gasteiger partial charge in [-0.25, -0.2) is 9.18 Å². The van der Waals surface area contributed by atoms with Gasteiger partial charge in [0.1, 0.15) is 5.58 Å². The lowest BCUT2D eigenvalue weighted by atomic mass is 10.1. The quantitative estimate of drug-likeness (QED) is 0.926. The average molecular weight is 305 g/mol. The van der Waals surface area contributed by atoms with Gasteiger partial charge in [-0.1, -0.05) is 18.2 Å². The van der Waals surface area contributed by atoms with Crippen LogP contribution in [0, 0.1) is 13.8 Å². The lowest BCUT2D eigenvalue weighted by Gasteiger charge is -2.16. The molecule has 1 aliphatic rings. The van der Waals surface area contributed by atoms with Gasteiger partial charge in [0.15, 0.2) is 5.76 Å². The number of aryl methyl sites for hydroxylation is 2. The number of rotatable bonds is 2. The first-order chi connectivity index (χ1) is 10.3. The number of carbonyl (C=O) groups excluding carboxylic acids is 1. The second-order valence-electron chi connectivity index (χ2n) is 5.75. The van der Waals surface area contributed by atoms with E-state index in [0.717, 1.165) is 10.9 Å². The number of para-hydroxylation sites is 1. The fraction of sp³-hybridized carbons (Fsp3) is 0.375. The number of carboxylic acid groups (broad SMARTS) is 1. The molecule has 0 spiro atoms. The lowest BCUT2D eigenvalue weighted by molar-refractivity contribution is -0.149. The van der Waals surface area contributed by atoms with Crippen LogP contribution in [0.2, 0.25) is 0 Å². The summed E-state index contributed by atoms with van der Waals surface area (Å²) in [6.45, 7) is 3.27. The van der Waals surface area contributed by atoms with E-state index < -0.39 is 24.1 Å². The predicted molar refractivity (Wildman–Crippen MR) is 77.7 cm³/mol. The molecule has 22 heavy (non-hydrogen) atoms. The molecule has 0 bridgehead atoms. The molecule has 1 unspecified atom stereocenters. The molecule has 1 N–H and O–H groups in total. The summed E-state index contributed by atoms with van der Waals surface area (Å²) in [5.74, 6) is -1.84. The minimum Gasteiger partial charge on any atom is -0.479 e. The number of alkyl halides is 1. The Kier molecular flexibility index (Phi) is 3.20. The van der Waals surface area contributed by atoms with E-state index in [9.17, 15) is 14.0 Å². The summed E-state index contributed by atoms with van der Waals surface area (Å²) in [7, 11) is 0. The maximum absolute atomic E-state index is 14.1. The second-order valence-corrected chi connectivity index (χ2v) is 5.75. The van der Waals surface area contributed by atoms with Crippen molar-refractivity contribution in [1.82, 2.24) is 4.90 Å². The fourth-order valence-corrected chi connectivity index (χ4v) is 2.85. The van der Waals surface area contributed by atoms with E-state index in [2.05, 4.69) is 0 Å². The zero-order chi connectivity index (χ0) is 16.1. The topological polar surface area (TPSA) is 70.8 Å². The number of furan rings is 1. The van der Waals surface area contributed by atoms with E-state index in [0.29, 0.717) is 11.1 Å². The Bertz CT molecular complexity index is 782. The number of carboxylic acids is 1. The van der Waals surface area contributed by atoms with E-state index in [1.54, 1.807) is 6.92 Å². The van der Waals surface area contributed by atoms with Crippen LogP contribution in [0.25, 0.3) is 11.0 Å². The highest BCUT2D eigenvalue weighted by atomic mass is 19.1. The maximum atomic E-state index is 14.1. The maximum Gasteiger partial charge on any atom is 0.343 e. The molecular weight excluding hydrogens is 289 g/mol. The summed E-state index contributed by atoms with van der Waals surface area (Å²) in [5.41, 5.74) is -0.139. The van der Waals surface area contributed by atoms with Gasteiger partial charge in [-0.15, -0.1) is 0 Å². The molecule has 2 heterocycles. The molecule has 1 saturated heterocycles. The summed E-state index contributed by atoms with van der Waals surface area (Å²) in [4.78, 5) is 24.7. The number of likely N-dealkylation sites (tertiary alicyclic amines) is 1. The Labute approximate surface area is 126 Å². The van der Waals surface area contributed by atoms with E-state index in [1.165, 1.54) is 4.90 Å². The summed E-state index contributed by atoms with van der Waals surface area (Å²) in [6, 6.07) is 5.62. The van der Waals surface area contributed by atoms with Crippen LogP contribution < -0.4 is 0 Å². The number of hydrogen-bond donors (Lipinski definition) is 1. The van der Waals surface area contributed by atoms with Gasteiger partial charge in [-0.05, 0) is 19.4 Å². The van der Waals surface area contributed by atoms with Crippen molar-refractivity contribution in [3.8, 4) is 0 Å². The van der Waals surface area contributed by atoms with Crippen molar-refractivity contribution in [2.75, 3.05) is 13.1 Å². The second kappa shape index (κ2) is 4.83. The third kappa shape index (κ3) is 2.06. The van der Waals surface area contributed by atoms with Crippen LogP contribution in [0.15, 0.2) is 22.6 Å². The first kappa shape index (κ1) is 14.6. The van der Waals surface area contributed by atoms with Gasteiger partial charge in [0.2, 0.25) is 5.67 Å². The first-order valence-corrected chi connectivity index (χ1v) is 7.04. The Morgan fingerprint density at radius 2 is 2.09 bits per heavy atom. The molecular formula is C16H16FNO4. The molecule has 1 aromatic carbocycles. The molecule has 1 amide bonds. The monoisotopic (exact) mass is 305 g/mol. The minimum atomic E-state index is -2.37. The van der Waals surface area contributed by atoms with Gasteiger partial charge in [0.05, 0.1) is 6.54 Å². The van der Waals surface area contributed by atoms with Gasteiger partial charge in [-0.3, -0.25) is 4.79 Å². The number of amides is 1. The van der Waals surface area contributed by atoms with Crippen LogP contribution in [0.1, 0.15) is 28.1 Å². The molecule has 3 rings (SSSR count). The highest BCUT2D eigenvalue weighted by Gasteiger charge is 2.47. The summed E-state index contributed by atoms with van der Waals surface area (Å²) >= 11 is 0. The van der Waals surface area contributed by atoms with Gasteiger partial charge >= 0.3 is 5.97 Å². The summed E-state index contributed by atoms with van der Waals surface area (Å²) < 4.78 is 19.8. The Balaban J connectivity index is 1.96. The molecule has 2 aromatic rings. The molecule has 6 heteroatoms. The summed E-state index contributed by atoms with van der Waals surface area (Å²) in [5, 5.41) is 9.75. The summed E-state index contributed by atoms with van der Waals surface area (Å²) in [6.07, 6.45) is -0.202. The molecule has 1 atom stereocenters. The molecule has 5 nitrogen and oxygen atoms in total. The van der Waals surface area contributed by atoms with Crippen molar-refractivity contribution >= 4 is 22.8 Å². The van der Waals surface area contributed by atoms with Gasteiger partial charge in [-0.2, -0.15) is 0 Å². The third-order valence-corrected chi connectivity index (χ3v) is 4.24. The van der Waals surface area contributed by atoms with Crippen LogP contribution in [0.3, 0.4) is 0 Å². The van der Waals surface area contributed by atoms with Crippen LogP contribution in [0.5, 0.6) is 0 Å². The standard InChI is InChI=1S/C16H16FNO4/c1-9-4-3-5-11-10(2)13(22-12(9)11)14(19)18-7-6-16(17,8-18)15(20)21/h3-5H,6-8H2,1-2H3,(H,20,21). The van der Waals surface area contributed by atoms with Gasteiger partial charge in [0, 0.05) is 23.9 Å². The van der Waals surface area contributed by atoms with E-state index in [1.807, 2.05) is 25.1 Å². The molecule has 0 radical (unpaired) electrons. The van der Waals surface area contributed by atoms with Gasteiger partial charge in [0.25, 0.3) is 5.91 Å². The molecule has 1 aliphatic heterocycles. The van der Waals surface area contributed by atoms with Gasteiger partial charge < -0.3 is 14.4 Å². The number of benzene rings is 1. The third-order valence-electron chi connectivity index (χ3n) is 4.24. The molecule has 1 fully saturated rings. The number of carbonyl (C=O) groups is 2. The van der Waals surface area contributed by atoms with Crippen molar-refractivity contribution in [2.24, 2.45) is 0 Å². The zero-order valence-electron chi connectivity index (χ0n) is 12.4. The van der Waals surface area contributed by atoms with Crippen LogP contribution in [-0.4, -0.2) is 40.6 Å². The van der Waals surface area contributed by atoms with E-state index in [-0.39, 0.29) is 18.7 Å². The normalized spacial score (nSPS) is 21.5. The Hall–Kier alpha value is -2.37. The number of nitrogens with zero attached hydrogens (tertiary/aromatic N) is 1. The molecule has 0 aliphatic carbocycles. The highest BCUT2D eigenvalue weighted by Crippen LogP contribution is 2.31. The molecule has 0 saturated carbocycles. The Morgan fingerprint density at radius 1 is 1.36 bits per heavy atom. The minimum absolute atomic E-state index is 0.0666. The average Bonchev–Trinajstić information content (AvgIpc) is 3.02. The van der Waals surface area contributed by atoms with Crippen molar-refractivity contribution in [2.45, 2.75) is 25.9 Å². The van der Waals surface area contributed by atoms with Crippen molar-refractivity contribution in [3.05, 3.63) is 35.1 Å². The van der Waals surface area contributed by atoms with Crippen LogP contribution in [0.4, 0.5) is 4.39 Å². The van der Waals surface area contributed by atoms with Crippen LogP contribution in [-0.2, 0) is 4.79 Å². The molecule has 116 valence electrons. The van der Waals surface area contributed by atoms with E-state index in [4.69, 9.17) is 9.52 Å². The fourth-order valence-electron chi connectivity index (χ4n) is 2.85. The number of aliphatic carboxylic acids is 1. The highest BCUT2D eigenvalue weighted by molar-refractivity contribution is 6.00. The van der Waals surface area contributed by atoms with Crippen molar-refractivity contribution in [1.29, 1.82) is 0 Å². The van der Waals surface area contributed by atoms with Crippen molar-refractivity contribution in [3.63, 3.8) is 0 Å².